The Bertz CT molecular complexity index is 409. The van der Waals surface area contributed by atoms with Gasteiger partial charge in [0.1, 0.15) is 28.3 Å². The normalized spacial score (nSPS) is 25.4. The van der Waals surface area contributed by atoms with E-state index in [9.17, 15) is 5.11 Å². The Morgan fingerprint density at radius 2 is 2.41 bits per heavy atom. The minimum Gasteiger partial charge on any atom is -0.503 e. The molecule has 0 saturated heterocycles. The molecule has 94 valence electrons. The fraction of sp³-hybridized carbons (Fsp3) is 0.167. The average Bonchev–Trinajstić information content (AvgIpc) is 2.55. The van der Waals surface area contributed by atoms with Crippen LogP contribution in [0, 0.1) is 0 Å². The molecule has 1 nitrogen and oxygen atoms in total. The van der Waals surface area contributed by atoms with Gasteiger partial charge in [-0.15, -0.1) is 24.5 Å². The van der Waals surface area contributed by atoms with E-state index in [1.54, 1.807) is 11.5 Å². The van der Waals surface area contributed by atoms with E-state index in [1.807, 2.05) is 5.41 Å². The second-order valence-electron chi connectivity index (χ2n) is 2.57. The fourth-order valence-electron chi connectivity index (χ4n) is 0.912. The fourth-order valence-corrected chi connectivity index (χ4v) is 9.57. The molecule has 17 heavy (non-hydrogen) atoms. The highest BCUT2D eigenvalue weighted by Crippen LogP contribution is 2.59. The molecule has 1 heterocycles. The summed E-state index contributed by atoms with van der Waals surface area (Å²) in [5, 5.41) is 12.4. The highest BCUT2D eigenvalue weighted by atomic mass is 35.5. The van der Waals surface area contributed by atoms with Crippen molar-refractivity contribution < 1.29 is 5.11 Å². The molecule has 1 aliphatic rings. The van der Waals surface area contributed by atoms with Gasteiger partial charge < -0.3 is 17.4 Å². The number of halogens is 1. The van der Waals surface area contributed by atoms with Crippen molar-refractivity contribution in [3.05, 3.63) is 22.7 Å². The summed E-state index contributed by atoms with van der Waals surface area (Å²) in [6, 6.07) is 0. The molecule has 11 heteroatoms. The highest BCUT2D eigenvalue weighted by molar-refractivity contribution is 9.06. The highest BCUT2D eigenvalue weighted by Gasteiger charge is 2.48. The van der Waals surface area contributed by atoms with Crippen molar-refractivity contribution in [1.82, 2.24) is 0 Å². The van der Waals surface area contributed by atoms with Crippen LogP contribution < -0.4 is 0 Å². The molecule has 0 aromatic heterocycles. The zero-order valence-electron chi connectivity index (χ0n) is 7.89. The van der Waals surface area contributed by atoms with Crippen molar-refractivity contribution in [3.8, 4) is 0 Å². The minimum absolute atomic E-state index is 0.130. The first kappa shape index (κ1) is 17.4. The van der Waals surface area contributed by atoms with Gasteiger partial charge in [0.2, 0.25) is 15.6 Å². The van der Waals surface area contributed by atoms with Gasteiger partial charge in [-0.1, -0.05) is 23.0 Å². The molecule has 0 aromatic carbocycles. The van der Waals surface area contributed by atoms with Crippen molar-refractivity contribution in [2.75, 3.05) is 0 Å². The molecule has 0 aromatic rings. The summed E-state index contributed by atoms with van der Waals surface area (Å²) >= 11 is 28.8. The molecule has 0 fully saturated rings. The molecule has 1 N–H and O–H groups in total. The number of aliphatic hydroxyl groups excluding tert-OH is 1. The first-order valence-electron chi connectivity index (χ1n) is 3.83. The molecular weight excluding hydrogens is 410 g/mol. The number of hydrogen-bond acceptors (Lipinski definition) is 7. The third-order valence-corrected chi connectivity index (χ3v) is 10.1. The van der Waals surface area contributed by atoms with Crippen LogP contribution in [0.2, 0.25) is 0 Å². The molecule has 0 spiro atoms. The van der Waals surface area contributed by atoms with Crippen LogP contribution in [0.15, 0.2) is 22.7 Å². The lowest BCUT2D eigenvalue weighted by Crippen LogP contribution is -2.24. The molecule has 1 rings (SSSR count). The van der Waals surface area contributed by atoms with Crippen LogP contribution in [0.5, 0.6) is 0 Å². The Labute approximate surface area is 140 Å². The zero-order chi connectivity index (χ0) is 13.1. The van der Waals surface area contributed by atoms with E-state index in [0.29, 0.717) is 4.86 Å². The predicted octanol–water partition coefficient (Wildman–Crippen LogP) is 4.98. The molecule has 2 unspecified atom stereocenters. The van der Waals surface area contributed by atoms with Crippen LogP contribution >= 0.6 is 69.5 Å². The zero-order valence-corrected chi connectivity index (χ0v) is 16.3. The van der Waals surface area contributed by atoms with Gasteiger partial charge in [0, 0.05) is 11.5 Å². The molecule has 0 saturated carbocycles. The van der Waals surface area contributed by atoms with Crippen LogP contribution in [0.3, 0.4) is 0 Å². The van der Waals surface area contributed by atoms with E-state index in [1.165, 1.54) is 34.1 Å². The Morgan fingerprint density at radius 3 is 2.94 bits per heavy atom. The lowest BCUT2D eigenvalue weighted by Gasteiger charge is -2.11. The molecule has 2 atom stereocenters. The van der Waals surface area contributed by atoms with Gasteiger partial charge in [0.25, 0.3) is 4.86 Å². The van der Waals surface area contributed by atoms with Crippen molar-refractivity contribution in [3.63, 3.8) is 0 Å². The summed E-state index contributed by atoms with van der Waals surface area (Å²) < 4.78 is -0.822. The van der Waals surface area contributed by atoms with E-state index in [-0.39, 0.29) is 5.76 Å². The molecule has 0 amide bonds. The number of aliphatic hydroxyl groups is 1. The van der Waals surface area contributed by atoms with Crippen molar-refractivity contribution in [1.29, 1.82) is 0 Å². The van der Waals surface area contributed by atoms with E-state index >= 15 is 0 Å². The topological polar surface area (TPSA) is 20.2 Å². The maximum Gasteiger partial charge on any atom is 0.288 e. The Hall–Kier alpha value is 2.36. The van der Waals surface area contributed by atoms with Crippen LogP contribution in [0.25, 0.3) is 0 Å². The first-order valence-corrected chi connectivity index (χ1v) is 15.0. The van der Waals surface area contributed by atoms with Crippen LogP contribution in [0.1, 0.15) is 0 Å². The SMILES string of the molecule is O/C(=C\SP(S)S)C1=[S+]C=CC1(Cl)S[P+](=S)[S-]. The van der Waals surface area contributed by atoms with E-state index in [4.69, 9.17) is 35.7 Å². The van der Waals surface area contributed by atoms with Gasteiger partial charge in [-0.3, -0.25) is 0 Å². The third-order valence-electron chi connectivity index (χ3n) is 1.48. The Kier molecular flexibility index (Phi) is 8.16. The Balaban J connectivity index is 2.84. The van der Waals surface area contributed by atoms with Crippen molar-refractivity contribution >= 4 is 110 Å². The molecular formula is C6H6ClOP2S7+. The summed E-state index contributed by atoms with van der Waals surface area (Å²) in [7, 11) is 0. The first-order chi connectivity index (χ1) is 7.85. The second kappa shape index (κ2) is 7.96. The average molecular weight is 416 g/mol. The van der Waals surface area contributed by atoms with Crippen LogP contribution in [0.4, 0.5) is 0 Å². The van der Waals surface area contributed by atoms with Crippen LogP contribution in [-0.2, 0) is 35.4 Å². The van der Waals surface area contributed by atoms with E-state index in [0.717, 1.165) is 0 Å². The van der Waals surface area contributed by atoms with Gasteiger partial charge in [0.15, 0.2) is 11.2 Å². The van der Waals surface area contributed by atoms with Gasteiger partial charge >= 0.3 is 0 Å². The third kappa shape index (κ3) is 5.70. The largest absolute Gasteiger partial charge is 0.503 e. The van der Waals surface area contributed by atoms with Gasteiger partial charge in [-0.2, -0.15) is 0 Å². The number of allylic oxidation sites excluding steroid dienone is 1. The second-order valence-corrected chi connectivity index (χ2v) is 19.1. The summed E-state index contributed by atoms with van der Waals surface area (Å²) in [5.74, 6) is 0.130. The summed E-state index contributed by atoms with van der Waals surface area (Å²) in [6.07, 6.45) is 1.80. The summed E-state index contributed by atoms with van der Waals surface area (Å²) in [6.45, 7) is 0. The molecule has 0 bridgehead atoms. The van der Waals surface area contributed by atoms with E-state index in [2.05, 4.69) is 24.5 Å². The number of rotatable bonds is 5. The monoisotopic (exact) mass is 415 g/mol. The van der Waals surface area contributed by atoms with Crippen molar-refractivity contribution in [2.45, 2.75) is 4.21 Å². The lowest BCUT2D eigenvalue weighted by molar-refractivity contribution is 0.445. The number of thiol groups is 2. The molecule has 0 radical (unpaired) electrons. The predicted molar refractivity (Wildman–Crippen MR) is 103 cm³/mol. The Morgan fingerprint density at radius 1 is 1.76 bits per heavy atom. The smallest absolute Gasteiger partial charge is 0.288 e. The van der Waals surface area contributed by atoms with Crippen molar-refractivity contribution in [2.24, 2.45) is 0 Å². The number of alkyl halides is 1. The molecule has 1 aliphatic heterocycles. The maximum absolute atomic E-state index is 9.97. The van der Waals surface area contributed by atoms with E-state index < -0.39 is 14.8 Å². The minimum atomic E-state index is -1.04. The number of hydrogen-bond donors (Lipinski definition) is 3. The summed E-state index contributed by atoms with van der Waals surface area (Å²) in [5.41, 5.74) is -0.756. The summed E-state index contributed by atoms with van der Waals surface area (Å²) in [4.78, 5) is 0.650. The van der Waals surface area contributed by atoms with Crippen LogP contribution in [-0.4, -0.2) is 14.2 Å². The lowest BCUT2D eigenvalue weighted by atomic mass is 10.2. The quantitative estimate of drug-likeness (QED) is 0.0857. The van der Waals surface area contributed by atoms with Gasteiger partial charge in [-0.05, 0) is 0 Å². The van der Waals surface area contributed by atoms with Gasteiger partial charge in [0.05, 0.1) is 5.53 Å². The van der Waals surface area contributed by atoms with Gasteiger partial charge in [-0.25, -0.2) is 0 Å². The molecule has 0 aliphatic carbocycles. The maximum atomic E-state index is 9.97. The standard InChI is InChI=1S/C6H5ClOP2S7/c7-6(17-10(13)14)1-2-15-5(6)4(8)3-16-9(11)12/h1-3,11-12H/p+1/b4-3-.